The van der Waals surface area contributed by atoms with Crippen molar-refractivity contribution in [2.45, 2.75) is 44.7 Å². The predicted octanol–water partition coefficient (Wildman–Crippen LogP) is 3.50. The second-order valence-electron chi connectivity index (χ2n) is 5.11. The van der Waals surface area contributed by atoms with Crippen LogP contribution in [0.4, 0.5) is 0 Å². The van der Waals surface area contributed by atoms with Crippen molar-refractivity contribution in [3.8, 4) is 0 Å². The van der Waals surface area contributed by atoms with E-state index in [9.17, 15) is 4.79 Å². The van der Waals surface area contributed by atoms with E-state index in [2.05, 4.69) is 21.2 Å². The average Bonchev–Trinajstić information content (AvgIpc) is 2.91. The number of aryl methyl sites for hydroxylation is 1. The monoisotopic (exact) mass is 325 g/mol. The Morgan fingerprint density at radius 2 is 2.11 bits per heavy atom. The van der Waals surface area contributed by atoms with Crippen molar-refractivity contribution in [1.82, 2.24) is 5.32 Å². The van der Waals surface area contributed by atoms with Gasteiger partial charge in [0.25, 0.3) is 0 Å². The molecular formula is C15H20BrNO2. The molecule has 1 aliphatic rings. The summed E-state index contributed by atoms with van der Waals surface area (Å²) in [6.45, 7) is 2.03. The highest BCUT2D eigenvalue weighted by atomic mass is 79.9. The Bertz CT molecular complexity index is 455. The van der Waals surface area contributed by atoms with Gasteiger partial charge < -0.3 is 4.74 Å². The fraction of sp³-hybridized carbons (Fsp3) is 0.533. The van der Waals surface area contributed by atoms with Crippen LogP contribution in [0.25, 0.3) is 0 Å². The zero-order valence-corrected chi connectivity index (χ0v) is 13.0. The highest BCUT2D eigenvalue weighted by Crippen LogP contribution is 2.26. The van der Waals surface area contributed by atoms with Crippen molar-refractivity contribution in [3.63, 3.8) is 0 Å². The fourth-order valence-corrected chi connectivity index (χ4v) is 2.93. The van der Waals surface area contributed by atoms with Crippen LogP contribution in [-0.4, -0.2) is 19.1 Å². The summed E-state index contributed by atoms with van der Waals surface area (Å²) >= 11 is 3.52. The maximum absolute atomic E-state index is 12.0. The summed E-state index contributed by atoms with van der Waals surface area (Å²) in [7, 11) is 1.44. The van der Waals surface area contributed by atoms with E-state index in [0.717, 1.165) is 28.4 Å². The summed E-state index contributed by atoms with van der Waals surface area (Å²) in [5, 5.41) is 3.43. The van der Waals surface area contributed by atoms with Gasteiger partial charge in [0.1, 0.15) is 6.04 Å². The van der Waals surface area contributed by atoms with Gasteiger partial charge >= 0.3 is 5.97 Å². The normalized spacial score (nSPS) is 17.4. The van der Waals surface area contributed by atoms with E-state index < -0.39 is 0 Å². The number of ether oxygens (including phenoxy) is 1. The lowest BCUT2D eigenvalue weighted by Crippen LogP contribution is -2.36. The lowest BCUT2D eigenvalue weighted by molar-refractivity contribution is -0.143. The Kier molecular flexibility index (Phi) is 4.99. The first-order valence-electron chi connectivity index (χ1n) is 6.71. The number of benzene rings is 1. The highest BCUT2D eigenvalue weighted by molar-refractivity contribution is 9.10. The molecule has 0 bridgehead atoms. The quantitative estimate of drug-likeness (QED) is 0.861. The third kappa shape index (κ3) is 3.57. The molecule has 0 amide bonds. The van der Waals surface area contributed by atoms with Gasteiger partial charge in [-0.3, -0.25) is 5.32 Å². The van der Waals surface area contributed by atoms with E-state index in [1.165, 1.54) is 20.0 Å². The van der Waals surface area contributed by atoms with Crippen molar-refractivity contribution in [3.05, 3.63) is 33.8 Å². The number of hydrogen-bond donors (Lipinski definition) is 1. The molecule has 1 fully saturated rings. The zero-order chi connectivity index (χ0) is 13.8. The van der Waals surface area contributed by atoms with E-state index in [1.54, 1.807) is 0 Å². The summed E-state index contributed by atoms with van der Waals surface area (Å²) < 4.78 is 5.95. The van der Waals surface area contributed by atoms with Crippen LogP contribution in [0, 0.1) is 6.92 Å². The largest absolute Gasteiger partial charge is 0.468 e. The fourth-order valence-electron chi connectivity index (χ4n) is 2.54. The first-order valence-corrected chi connectivity index (χ1v) is 7.51. The third-order valence-corrected chi connectivity index (χ3v) is 4.58. The number of esters is 1. The number of carbonyl (C=O) groups is 1. The van der Waals surface area contributed by atoms with Crippen molar-refractivity contribution >= 4 is 21.9 Å². The highest BCUT2D eigenvalue weighted by Gasteiger charge is 2.26. The molecule has 1 saturated carbocycles. The van der Waals surface area contributed by atoms with Crippen LogP contribution in [0.2, 0.25) is 0 Å². The molecule has 1 aromatic carbocycles. The van der Waals surface area contributed by atoms with E-state index in [1.807, 2.05) is 25.1 Å². The first-order chi connectivity index (χ1) is 9.11. The molecule has 3 nitrogen and oxygen atoms in total. The van der Waals surface area contributed by atoms with Gasteiger partial charge in [-0.25, -0.2) is 4.79 Å². The van der Waals surface area contributed by atoms with Crippen LogP contribution in [0.15, 0.2) is 22.7 Å². The Morgan fingerprint density at radius 3 is 2.68 bits per heavy atom. The number of hydrogen-bond acceptors (Lipinski definition) is 3. The van der Waals surface area contributed by atoms with Crippen LogP contribution in [-0.2, 0) is 9.53 Å². The SMILES string of the molecule is COC(=O)C(NC1CCCC1)c1ccc(C)c(Br)c1. The molecule has 1 unspecified atom stereocenters. The molecule has 1 N–H and O–H groups in total. The second kappa shape index (κ2) is 6.53. The first kappa shape index (κ1) is 14.5. The number of carbonyl (C=O) groups excluding carboxylic acids is 1. The molecule has 0 aliphatic heterocycles. The summed E-state index contributed by atoms with van der Waals surface area (Å²) in [5.74, 6) is -0.220. The lowest BCUT2D eigenvalue weighted by atomic mass is 10.0. The topological polar surface area (TPSA) is 38.3 Å². The smallest absolute Gasteiger partial charge is 0.327 e. The number of rotatable bonds is 4. The second-order valence-corrected chi connectivity index (χ2v) is 5.97. The summed E-state index contributed by atoms with van der Waals surface area (Å²) in [6, 6.07) is 6.06. The van der Waals surface area contributed by atoms with Crippen LogP contribution in [0.1, 0.15) is 42.9 Å². The maximum Gasteiger partial charge on any atom is 0.327 e. The minimum absolute atomic E-state index is 0.220. The van der Waals surface area contributed by atoms with Crippen LogP contribution < -0.4 is 5.32 Å². The molecule has 0 radical (unpaired) electrons. The number of nitrogens with one attached hydrogen (secondary N) is 1. The summed E-state index contributed by atoms with van der Waals surface area (Å²) in [6.07, 6.45) is 4.76. The Labute approximate surface area is 122 Å². The Balaban J connectivity index is 2.20. The van der Waals surface area contributed by atoms with Crippen LogP contribution in [0.3, 0.4) is 0 Å². The molecule has 0 heterocycles. The van der Waals surface area contributed by atoms with Crippen molar-refractivity contribution < 1.29 is 9.53 Å². The molecule has 4 heteroatoms. The van der Waals surface area contributed by atoms with Gasteiger partial charge in [-0.05, 0) is 37.0 Å². The van der Waals surface area contributed by atoms with Gasteiger partial charge in [-0.2, -0.15) is 0 Å². The number of halogens is 1. The van der Waals surface area contributed by atoms with E-state index in [-0.39, 0.29) is 12.0 Å². The van der Waals surface area contributed by atoms with Crippen molar-refractivity contribution in [2.24, 2.45) is 0 Å². The molecule has 1 aliphatic carbocycles. The molecule has 104 valence electrons. The van der Waals surface area contributed by atoms with Crippen LogP contribution in [0.5, 0.6) is 0 Å². The van der Waals surface area contributed by atoms with Gasteiger partial charge in [0, 0.05) is 10.5 Å². The van der Waals surface area contributed by atoms with Gasteiger partial charge in [-0.15, -0.1) is 0 Å². The van der Waals surface area contributed by atoms with E-state index in [0.29, 0.717) is 6.04 Å². The maximum atomic E-state index is 12.0. The Hall–Kier alpha value is -0.870. The van der Waals surface area contributed by atoms with Gasteiger partial charge in [0.15, 0.2) is 0 Å². The summed E-state index contributed by atoms with van der Waals surface area (Å²) in [5.41, 5.74) is 2.12. The number of methoxy groups -OCH3 is 1. The van der Waals surface area contributed by atoms with Crippen molar-refractivity contribution in [2.75, 3.05) is 7.11 Å². The molecule has 1 atom stereocenters. The molecule has 0 saturated heterocycles. The molecule has 0 aromatic heterocycles. The standard InChI is InChI=1S/C15H20BrNO2/c1-10-7-8-11(9-13(10)16)14(15(18)19-2)17-12-5-3-4-6-12/h7-9,12,14,17H,3-6H2,1-2H3. The zero-order valence-electron chi connectivity index (χ0n) is 11.4. The molecule has 2 rings (SSSR count). The minimum atomic E-state index is -0.370. The third-order valence-electron chi connectivity index (χ3n) is 3.72. The van der Waals surface area contributed by atoms with Crippen molar-refractivity contribution in [1.29, 1.82) is 0 Å². The summed E-state index contributed by atoms with van der Waals surface area (Å²) in [4.78, 5) is 12.0. The minimum Gasteiger partial charge on any atom is -0.468 e. The molecule has 19 heavy (non-hydrogen) atoms. The van der Waals surface area contributed by atoms with Gasteiger partial charge in [-0.1, -0.05) is 40.9 Å². The van der Waals surface area contributed by atoms with Gasteiger partial charge in [0.2, 0.25) is 0 Å². The lowest BCUT2D eigenvalue weighted by Gasteiger charge is -2.21. The van der Waals surface area contributed by atoms with Crippen LogP contribution >= 0.6 is 15.9 Å². The molecule has 0 spiro atoms. The van der Waals surface area contributed by atoms with E-state index >= 15 is 0 Å². The predicted molar refractivity (Wildman–Crippen MR) is 79.0 cm³/mol. The van der Waals surface area contributed by atoms with E-state index in [4.69, 9.17) is 4.74 Å². The molecular weight excluding hydrogens is 306 g/mol. The Morgan fingerprint density at radius 1 is 1.42 bits per heavy atom. The molecule has 1 aromatic rings. The van der Waals surface area contributed by atoms with Gasteiger partial charge in [0.05, 0.1) is 7.11 Å². The average molecular weight is 326 g/mol.